The van der Waals surface area contributed by atoms with Crippen LogP contribution >= 0.6 is 0 Å². The minimum absolute atomic E-state index is 0.167. The van der Waals surface area contributed by atoms with E-state index in [0.717, 1.165) is 24.2 Å². The standard InChI is InChI=1S/C17H27FN2/c1-12-10-13(2)15(14(18)11-12)16(19)17(3,4)20-8-6-5-7-9-20/h10-11,16H,5-9,19H2,1-4H3. The zero-order chi connectivity index (χ0) is 14.9. The third-order valence-electron chi connectivity index (χ3n) is 4.72. The number of hydrogen-bond acceptors (Lipinski definition) is 2. The molecule has 1 atom stereocenters. The summed E-state index contributed by atoms with van der Waals surface area (Å²) in [5.74, 6) is -0.167. The average molecular weight is 278 g/mol. The highest BCUT2D eigenvalue weighted by Crippen LogP contribution is 2.34. The lowest BCUT2D eigenvalue weighted by Crippen LogP contribution is -2.53. The maximum Gasteiger partial charge on any atom is 0.128 e. The van der Waals surface area contributed by atoms with Gasteiger partial charge in [-0.05, 0) is 70.8 Å². The molecule has 20 heavy (non-hydrogen) atoms. The molecular weight excluding hydrogens is 251 g/mol. The maximum atomic E-state index is 14.4. The SMILES string of the molecule is Cc1cc(C)c(C(N)C(C)(C)N2CCCCC2)c(F)c1. The van der Waals surface area contributed by atoms with Crippen LogP contribution in [-0.4, -0.2) is 23.5 Å². The predicted octanol–water partition coefficient (Wildman–Crippen LogP) is 3.71. The molecule has 0 aromatic heterocycles. The van der Waals surface area contributed by atoms with Crippen LogP contribution in [0, 0.1) is 19.7 Å². The molecule has 1 heterocycles. The molecule has 0 amide bonds. The van der Waals surface area contributed by atoms with Crippen molar-refractivity contribution >= 4 is 0 Å². The molecule has 1 unspecified atom stereocenters. The summed E-state index contributed by atoms with van der Waals surface area (Å²) in [7, 11) is 0. The fourth-order valence-electron chi connectivity index (χ4n) is 3.34. The van der Waals surface area contributed by atoms with Crippen LogP contribution in [0.15, 0.2) is 12.1 Å². The predicted molar refractivity (Wildman–Crippen MR) is 82.3 cm³/mol. The zero-order valence-corrected chi connectivity index (χ0v) is 13.2. The molecular formula is C17H27FN2. The van der Waals surface area contributed by atoms with Crippen molar-refractivity contribution in [2.45, 2.75) is 58.5 Å². The highest BCUT2D eigenvalue weighted by molar-refractivity contribution is 5.36. The number of halogens is 1. The number of hydrogen-bond donors (Lipinski definition) is 1. The first kappa shape index (κ1) is 15.5. The lowest BCUT2D eigenvalue weighted by Gasteiger charge is -2.45. The van der Waals surface area contributed by atoms with Gasteiger partial charge in [-0.25, -0.2) is 4.39 Å². The third kappa shape index (κ3) is 2.89. The summed E-state index contributed by atoms with van der Waals surface area (Å²) >= 11 is 0. The van der Waals surface area contributed by atoms with Gasteiger partial charge in [0.1, 0.15) is 5.82 Å². The van der Waals surface area contributed by atoms with Crippen LogP contribution in [0.3, 0.4) is 0 Å². The van der Waals surface area contributed by atoms with Crippen molar-refractivity contribution in [3.63, 3.8) is 0 Å². The summed E-state index contributed by atoms with van der Waals surface area (Å²) in [5.41, 5.74) is 8.83. The van der Waals surface area contributed by atoms with Crippen molar-refractivity contribution in [1.29, 1.82) is 0 Å². The van der Waals surface area contributed by atoms with Crippen molar-refractivity contribution in [3.8, 4) is 0 Å². The molecule has 0 saturated carbocycles. The number of rotatable bonds is 3. The number of benzene rings is 1. The first-order chi connectivity index (χ1) is 9.34. The van der Waals surface area contributed by atoms with E-state index in [1.54, 1.807) is 6.07 Å². The molecule has 1 aliphatic heterocycles. The summed E-state index contributed by atoms with van der Waals surface area (Å²) in [6.45, 7) is 10.3. The second-order valence-corrected chi connectivity index (χ2v) is 6.66. The Hall–Kier alpha value is -0.930. The molecule has 2 N–H and O–H groups in total. The summed E-state index contributed by atoms with van der Waals surface area (Å²) in [5, 5.41) is 0. The summed E-state index contributed by atoms with van der Waals surface area (Å²) < 4.78 is 14.4. The molecule has 0 radical (unpaired) electrons. The highest BCUT2D eigenvalue weighted by atomic mass is 19.1. The van der Waals surface area contributed by atoms with Gasteiger partial charge >= 0.3 is 0 Å². The van der Waals surface area contributed by atoms with Crippen LogP contribution in [0.1, 0.15) is 55.8 Å². The quantitative estimate of drug-likeness (QED) is 0.913. The van der Waals surface area contributed by atoms with E-state index in [1.807, 2.05) is 19.9 Å². The van der Waals surface area contributed by atoms with Crippen LogP contribution in [0.2, 0.25) is 0 Å². The van der Waals surface area contributed by atoms with Crippen LogP contribution in [-0.2, 0) is 0 Å². The average Bonchev–Trinajstić information content (AvgIpc) is 2.38. The Morgan fingerprint density at radius 1 is 1.15 bits per heavy atom. The fraction of sp³-hybridized carbons (Fsp3) is 0.647. The second-order valence-electron chi connectivity index (χ2n) is 6.66. The molecule has 1 fully saturated rings. The van der Waals surface area contributed by atoms with Gasteiger partial charge in [0.15, 0.2) is 0 Å². The molecule has 1 saturated heterocycles. The van der Waals surface area contributed by atoms with Crippen molar-refractivity contribution < 1.29 is 4.39 Å². The van der Waals surface area contributed by atoms with Crippen molar-refractivity contribution in [3.05, 3.63) is 34.6 Å². The van der Waals surface area contributed by atoms with E-state index in [2.05, 4.69) is 18.7 Å². The van der Waals surface area contributed by atoms with Crippen LogP contribution in [0.25, 0.3) is 0 Å². The Kier molecular flexibility index (Phi) is 4.50. The van der Waals surface area contributed by atoms with Gasteiger partial charge in [-0.2, -0.15) is 0 Å². The molecule has 2 nitrogen and oxygen atoms in total. The van der Waals surface area contributed by atoms with Gasteiger partial charge in [0.2, 0.25) is 0 Å². The van der Waals surface area contributed by atoms with Crippen LogP contribution in [0.4, 0.5) is 4.39 Å². The van der Waals surface area contributed by atoms with E-state index in [4.69, 9.17) is 5.73 Å². The first-order valence-corrected chi connectivity index (χ1v) is 7.61. The van der Waals surface area contributed by atoms with E-state index in [1.165, 1.54) is 19.3 Å². The van der Waals surface area contributed by atoms with Crippen LogP contribution < -0.4 is 5.73 Å². The van der Waals surface area contributed by atoms with Crippen LogP contribution in [0.5, 0.6) is 0 Å². The molecule has 2 rings (SSSR count). The van der Waals surface area contributed by atoms with E-state index >= 15 is 0 Å². The molecule has 0 bridgehead atoms. The van der Waals surface area contributed by atoms with Gasteiger partial charge in [-0.15, -0.1) is 0 Å². The Balaban J connectivity index is 2.32. The largest absolute Gasteiger partial charge is 0.322 e. The fourth-order valence-corrected chi connectivity index (χ4v) is 3.34. The monoisotopic (exact) mass is 278 g/mol. The zero-order valence-electron chi connectivity index (χ0n) is 13.2. The van der Waals surface area contributed by atoms with Crippen molar-refractivity contribution in [2.75, 3.05) is 13.1 Å². The number of piperidine rings is 1. The highest BCUT2D eigenvalue weighted by Gasteiger charge is 2.36. The number of likely N-dealkylation sites (tertiary alicyclic amines) is 1. The number of nitrogens with two attached hydrogens (primary N) is 1. The summed E-state index contributed by atoms with van der Waals surface area (Å²) in [6, 6.07) is 3.31. The van der Waals surface area contributed by atoms with Crippen molar-refractivity contribution in [1.82, 2.24) is 4.90 Å². The Morgan fingerprint density at radius 3 is 2.30 bits per heavy atom. The van der Waals surface area contributed by atoms with Gasteiger partial charge in [0.25, 0.3) is 0 Å². The minimum atomic E-state index is -0.304. The van der Waals surface area contributed by atoms with E-state index < -0.39 is 0 Å². The van der Waals surface area contributed by atoms with E-state index in [-0.39, 0.29) is 17.4 Å². The smallest absolute Gasteiger partial charge is 0.128 e. The van der Waals surface area contributed by atoms with Gasteiger partial charge < -0.3 is 5.73 Å². The topological polar surface area (TPSA) is 29.3 Å². The van der Waals surface area contributed by atoms with E-state index in [9.17, 15) is 4.39 Å². The lowest BCUT2D eigenvalue weighted by molar-refractivity contribution is 0.0717. The van der Waals surface area contributed by atoms with Crippen molar-refractivity contribution in [2.24, 2.45) is 5.73 Å². The first-order valence-electron chi connectivity index (χ1n) is 7.61. The van der Waals surface area contributed by atoms with Gasteiger partial charge in [-0.3, -0.25) is 4.90 Å². The Bertz CT molecular complexity index is 453. The normalized spacial score (nSPS) is 19.1. The molecule has 0 aliphatic carbocycles. The molecule has 1 aliphatic rings. The molecule has 1 aromatic rings. The Labute approximate surface area is 122 Å². The molecule has 0 spiro atoms. The molecule has 1 aromatic carbocycles. The minimum Gasteiger partial charge on any atom is -0.322 e. The molecule has 3 heteroatoms. The van der Waals surface area contributed by atoms with E-state index in [0.29, 0.717) is 5.56 Å². The number of nitrogens with zero attached hydrogens (tertiary/aromatic N) is 1. The van der Waals surface area contributed by atoms with Gasteiger partial charge in [0.05, 0.1) is 6.04 Å². The molecule has 112 valence electrons. The van der Waals surface area contributed by atoms with Gasteiger partial charge in [0, 0.05) is 11.1 Å². The second kappa shape index (κ2) is 5.82. The summed E-state index contributed by atoms with van der Waals surface area (Å²) in [4.78, 5) is 2.42. The summed E-state index contributed by atoms with van der Waals surface area (Å²) in [6.07, 6.45) is 3.72. The maximum absolute atomic E-state index is 14.4. The Morgan fingerprint density at radius 2 is 1.75 bits per heavy atom. The van der Waals surface area contributed by atoms with Gasteiger partial charge in [-0.1, -0.05) is 12.5 Å². The number of aryl methyl sites for hydroxylation is 2. The lowest BCUT2D eigenvalue weighted by atomic mass is 9.83. The third-order valence-corrected chi connectivity index (χ3v) is 4.72.